The summed E-state index contributed by atoms with van der Waals surface area (Å²) in [5.41, 5.74) is 9.08. The number of benzene rings is 1. The van der Waals surface area contributed by atoms with E-state index in [2.05, 4.69) is 30.2 Å². The second-order valence-corrected chi connectivity index (χ2v) is 3.07. The van der Waals surface area contributed by atoms with Crippen molar-refractivity contribution in [3.05, 3.63) is 29.8 Å². The summed E-state index contributed by atoms with van der Waals surface area (Å²) in [4.78, 5) is 2.16. The Morgan fingerprint density at radius 3 is 2.64 bits per heavy atom. The second-order valence-electron chi connectivity index (χ2n) is 3.07. The Bertz CT molecular complexity index is 329. The lowest BCUT2D eigenvalue weighted by molar-refractivity contribution is 1.02. The number of fused-ring (bicyclic) bond motifs is 1. The Kier molecular flexibility index (Phi) is 3.57. The van der Waals surface area contributed by atoms with Crippen LogP contribution in [-0.4, -0.2) is 13.6 Å². The Balaban J connectivity index is 0.000000461. The van der Waals surface area contributed by atoms with Crippen molar-refractivity contribution in [1.29, 1.82) is 0 Å². The van der Waals surface area contributed by atoms with Crippen LogP contribution in [0.15, 0.2) is 24.3 Å². The van der Waals surface area contributed by atoms with Crippen LogP contribution >= 0.6 is 0 Å². The minimum atomic E-state index is 0.861. The average Bonchev–Trinajstić information content (AvgIpc) is 2.21. The molecule has 1 aliphatic heterocycles. The van der Waals surface area contributed by atoms with Crippen molar-refractivity contribution >= 4 is 17.5 Å². The van der Waals surface area contributed by atoms with E-state index in [1.807, 2.05) is 26.0 Å². The average molecular weight is 190 g/mol. The van der Waals surface area contributed by atoms with Crippen LogP contribution in [0.1, 0.15) is 19.4 Å². The molecular weight excluding hydrogens is 172 g/mol. The van der Waals surface area contributed by atoms with Gasteiger partial charge in [-0.1, -0.05) is 38.1 Å². The van der Waals surface area contributed by atoms with E-state index < -0.39 is 0 Å². The van der Waals surface area contributed by atoms with Crippen LogP contribution in [-0.2, 0) is 0 Å². The minimum absolute atomic E-state index is 0.861. The van der Waals surface area contributed by atoms with Crippen molar-refractivity contribution in [2.24, 2.45) is 0 Å². The van der Waals surface area contributed by atoms with Gasteiger partial charge in [-0.05, 0) is 11.6 Å². The predicted molar refractivity (Wildman–Crippen MR) is 64.5 cm³/mol. The van der Waals surface area contributed by atoms with Gasteiger partial charge in [0, 0.05) is 13.6 Å². The molecule has 1 aliphatic rings. The number of nitrogen functional groups attached to an aromatic ring is 1. The van der Waals surface area contributed by atoms with Crippen LogP contribution in [0.2, 0.25) is 0 Å². The maximum Gasteiger partial charge on any atom is 0.0673 e. The van der Waals surface area contributed by atoms with Gasteiger partial charge in [0.1, 0.15) is 0 Å². The van der Waals surface area contributed by atoms with Gasteiger partial charge in [0.2, 0.25) is 0 Å². The number of hydrogen-bond acceptors (Lipinski definition) is 2. The smallest absolute Gasteiger partial charge is 0.0673 e. The van der Waals surface area contributed by atoms with Gasteiger partial charge < -0.3 is 10.6 Å². The maximum atomic E-state index is 5.86. The van der Waals surface area contributed by atoms with Crippen LogP contribution in [0.4, 0.5) is 11.4 Å². The van der Waals surface area contributed by atoms with Gasteiger partial charge in [0.15, 0.2) is 0 Å². The molecule has 1 aromatic carbocycles. The van der Waals surface area contributed by atoms with E-state index in [9.17, 15) is 0 Å². The van der Waals surface area contributed by atoms with E-state index in [4.69, 9.17) is 5.73 Å². The van der Waals surface area contributed by atoms with E-state index in [1.54, 1.807) is 0 Å². The van der Waals surface area contributed by atoms with Gasteiger partial charge >= 0.3 is 0 Å². The quantitative estimate of drug-likeness (QED) is 0.637. The Morgan fingerprint density at radius 2 is 2.00 bits per heavy atom. The molecule has 0 aliphatic carbocycles. The van der Waals surface area contributed by atoms with Gasteiger partial charge in [-0.2, -0.15) is 0 Å². The topological polar surface area (TPSA) is 29.3 Å². The molecule has 1 heterocycles. The maximum absolute atomic E-state index is 5.86. The number of para-hydroxylation sites is 1. The summed E-state index contributed by atoms with van der Waals surface area (Å²) in [6.45, 7) is 4.95. The third kappa shape index (κ3) is 1.90. The molecule has 2 nitrogen and oxygen atoms in total. The van der Waals surface area contributed by atoms with Crippen molar-refractivity contribution in [3.63, 3.8) is 0 Å². The molecule has 0 saturated heterocycles. The van der Waals surface area contributed by atoms with Crippen molar-refractivity contribution in [1.82, 2.24) is 0 Å². The number of anilines is 2. The van der Waals surface area contributed by atoms with Gasteiger partial charge in [-0.15, -0.1) is 0 Å². The molecule has 0 spiro atoms. The van der Waals surface area contributed by atoms with E-state index in [1.165, 1.54) is 5.56 Å². The van der Waals surface area contributed by atoms with E-state index in [0.29, 0.717) is 0 Å². The molecule has 1 aromatic rings. The summed E-state index contributed by atoms with van der Waals surface area (Å²) in [6, 6.07) is 6.00. The summed E-state index contributed by atoms with van der Waals surface area (Å²) >= 11 is 0. The number of rotatable bonds is 0. The van der Waals surface area contributed by atoms with Crippen molar-refractivity contribution in [2.45, 2.75) is 13.8 Å². The largest absolute Gasteiger partial charge is 0.397 e. The first-order chi connectivity index (χ1) is 6.79. The fraction of sp³-hybridized carbons (Fsp3) is 0.333. The van der Waals surface area contributed by atoms with Gasteiger partial charge in [0.25, 0.3) is 0 Å². The lowest BCUT2D eigenvalue weighted by atomic mass is 10.1. The molecule has 0 amide bonds. The fourth-order valence-electron chi connectivity index (χ4n) is 1.58. The number of nitrogens with zero attached hydrogens (tertiary/aromatic N) is 1. The van der Waals surface area contributed by atoms with Crippen LogP contribution in [0.3, 0.4) is 0 Å². The standard InChI is InChI=1S/C10H12N2.C2H6/c1-12-7-3-5-8-4-2-6-9(11)10(8)12;1-2/h2-6H,7,11H2,1H3;1-2H3. The summed E-state index contributed by atoms with van der Waals surface area (Å²) < 4.78 is 0. The molecule has 2 rings (SSSR count). The number of nitrogens with two attached hydrogens (primary N) is 1. The van der Waals surface area contributed by atoms with Crippen molar-refractivity contribution < 1.29 is 0 Å². The highest BCUT2D eigenvalue weighted by atomic mass is 15.1. The molecule has 2 heteroatoms. The molecule has 0 aromatic heterocycles. The van der Waals surface area contributed by atoms with Crippen LogP contribution < -0.4 is 10.6 Å². The normalized spacial score (nSPS) is 12.9. The summed E-state index contributed by atoms with van der Waals surface area (Å²) in [5.74, 6) is 0. The molecule has 0 saturated carbocycles. The fourth-order valence-corrected chi connectivity index (χ4v) is 1.58. The zero-order valence-corrected chi connectivity index (χ0v) is 9.12. The minimum Gasteiger partial charge on any atom is -0.397 e. The molecule has 0 unspecified atom stereocenters. The van der Waals surface area contributed by atoms with E-state index in [0.717, 1.165) is 17.9 Å². The van der Waals surface area contributed by atoms with Crippen LogP contribution in [0.5, 0.6) is 0 Å². The zero-order chi connectivity index (χ0) is 10.6. The molecule has 0 radical (unpaired) electrons. The Hall–Kier alpha value is -1.44. The molecule has 0 bridgehead atoms. The van der Waals surface area contributed by atoms with E-state index >= 15 is 0 Å². The van der Waals surface area contributed by atoms with E-state index in [-0.39, 0.29) is 0 Å². The Labute approximate surface area is 86.0 Å². The summed E-state index contributed by atoms with van der Waals surface area (Å²) in [6.07, 6.45) is 4.26. The lowest BCUT2D eigenvalue weighted by Crippen LogP contribution is -2.21. The second kappa shape index (κ2) is 4.70. The van der Waals surface area contributed by atoms with Gasteiger partial charge in [0.05, 0.1) is 11.4 Å². The highest BCUT2D eigenvalue weighted by molar-refractivity contribution is 5.81. The first-order valence-electron chi connectivity index (χ1n) is 5.05. The monoisotopic (exact) mass is 190 g/mol. The number of likely N-dealkylation sites (N-methyl/N-ethyl adjacent to an activating group) is 1. The zero-order valence-electron chi connectivity index (χ0n) is 9.12. The molecule has 14 heavy (non-hydrogen) atoms. The molecule has 2 N–H and O–H groups in total. The predicted octanol–water partition coefficient (Wildman–Crippen LogP) is 2.76. The van der Waals surface area contributed by atoms with Crippen molar-refractivity contribution in [3.8, 4) is 0 Å². The third-order valence-corrected chi connectivity index (χ3v) is 2.16. The molecule has 76 valence electrons. The van der Waals surface area contributed by atoms with Crippen LogP contribution in [0.25, 0.3) is 6.08 Å². The molecule has 0 fully saturated rings. The SMILES string of the molecule is CC.CN1CC=Cc2cccc(N)c21. The van der Waals surface area contributed by atoms with Gasteiger partial charge in [-0.3, -0.25) is 0 Å². The lowest BCUT2D eigenvalue weighted by Gasteiger charge is -2.24. The first kappa shape index (κ1) is 10.6. The summed E-state index contributed by atoms with van der Waals surface area (Å²) in [5, 5.41) is 0. The third-order valence-electron chi connectivity index (χ3n) is 2.16. The summed E-state index contributed by atoms with van der Waals surface area (Å²) in [7, 11) is 2.05. The van der Waals surface area contributed by atoms with Crippen LogP contribution in [0, 0.1) is 0 Å². The highest BCUT2D eigenvalue weighted by Crippen LogP contribution is 2.30. The Morgan fingerprint density at radius 1 is 1.29 bits per heavy atom. The van der Waals surface area contributed by atoms with Crippen molar-refractivity contribution in [2.75, 3.05) is 24.2 Å². The highest BCUT2D eigenvalue weighted by Gasteiger charge is 2.10. The number of hydrogen-bond donors (Lipinski definition) is 1. The molecular formula is C12H18N2. The first-order valence-corrected chi connectivity index (χ1v) is 5.05. The molecule has 0 atom stereocenters. The van der Waals surface area contributed by atoms with Gasteiger partial charge in [-0.25, -0.2) is 0 Å².